The predicted octanol–water partition coefficient (Wildman–Crippen LogP) is 0.856. The first-order valence-corrected chi connectivity index (χ1v) is 10.8. The highest BCUT2D eigenvalue weighted by molar-refractivity contribution is 5.98. The summed E-state index contributed by atoms with van der Waals surface area (Å²) in [5.41, 5.74) is -1.04. The molecule has 0 aromatic rings. The van der Waals surface area contributed by atoms with Gasteiger partial charge >= 0.3 is 5.97 Å². The van der Waals surface area contributed by atoms with Crippen molar-refractivity contribution in [2.75, 3.05) is 13.2 Å². The second-order valence-corrected chi connectivity index (χ2v) is 8.85. The summed E-state index contributed by atoms with van der Waals surface area (Å²) in [5.74, 6) is -2.47. The number of nitrogens with one attached hydrogen (secondary N) is 1. The molecule has 1 spiro atoms. The standard InChI is InChI=1S/C21H34N2O6/c1-6-12(5)13(10-24)23-17(18(25)22-11(3)4)21-9-8-14(29-21)15(16(21)19(23)26)20(27)28-7-2/h11-17,24H,6-10H2,1-5H3,(H,22,25)/t12-,13-,14-,15+,16-,17?,21?/m0/s1. The molecule has 8 heteroatoms. The Morgan fingerprint density at radius 3 is 2.59 bits per heavy atom. The Balaban J connectivity index is 2.06. The number of carbonyl (C=O) groups excluding carboxylic acids is 3. The number of amides is 2. The molecule has 3 aliphatic rings. The van der Waals surface area contributed by atoms with Gasteiger partial charge in [-0.2, -0.15) is 0 Å². The molecule has 3 fully saturated rings. The van der Waals surface area contributed by atoms with E-state index in [4.69, 9.17) is 9.47 Å². The molecule has 3 aliphatic heterocycles. The van der Waals surface area contributed by atoms with Crippen LogP contribution >= 0.6 is 0 Å². The number of hydrogen-bond donors (Lipinski definition) is 2. The van der Waals surface area contributed by atoms with Crippen LogP contribution in [0.15, 0.2) is 0 Å². The van der Waals surface area contributed by atoms with Crippen molar-refractivity contribution < 1.29 is 29.0 Å². The van der Waals surface area contributed by atoms with Crippen LogP contribution in [0.3, 0.4) is 0 Å². The van der Waals surface area contributed by atoms with E-state index in [1.807, 2.05) is 27.7 Å². The minimum Gasteiger partial charge on any atom is -0.466 e. The van der Waals surface area contributed by atoms with E-state index >= 15 is 0 Å². The molecule has 0 aliphatic carbocycles. The summed E-state index contributed by atoms with van der Waals surface area (Å²) < 4.78 is 11.5. The van der Waals surface area contributed by atoms with Gasteiger partial charge in [0.15, 0.2) is 0 Å². The largest absolute Gasteiger partial charge is 0.466 e. The number of aliphatic hydroxyl groups excluding tert-OH is 1. The molecule has 7 atom stereocenters. The molecule has 0 saturated carbocycles. The van der Waals surface area contributed by atoms with Crippen molar-refractivity contribution in [3.05, 3.63) is 0 Å². The third-order valence-corrected chi connectivity index (χ3v) is 6.82. The summed E-state index contributed by atoms with van der Waals surface area (Å²) in [6, 6.07) is -1.48. The second-order valence-electron chi connectivity index (χ2n) is 8.85. The lowest BCUT2D eigenvalue weighted by atomic mass is 9.70. The number of esters is 1. The van der Waals surface area contributed by atoms with E-state index in [-0.39, 0.29) is 37.0 Å². The van der Waals surface area contributed by atoms with Gasteiger partial charge in [0.2, 0.25) is 11.8 Å². The smallest absolute Gasteiger partial charge is 0.312 e. The first kappa shape index (κ1) is 22.0. The van der Waals surface area contributed by atoms with Crippen LogP contribution in [0.1, 0.15) is 53.9 Å². The summed E-state index contributed by atoms with van der Waals surface area (Å²) in [6.07, 6.45) is 1.49. The Bertz CT molecular complexity index is 668. The molecule has 164 valence electrons. The molecule has 0 aromatic carbocycles. The Hall–Kier alpha value is -1.67. The summed E-state index contributed by atoms with van der Waals surface area (Å²) in [4.78, 5) is 41.2. The number of carbonyl (C=O) groups is 3. The van der Waals surface area contributed by atoms with Crippen molar-refractivity contribution in [3.8, 4) is 0 Å². The number of fused-ring (bicyclic) bond motifs is 1. The lowest BCUT2D eigenvalue weighted by Gasteiger charge is -2.39. The predicted molar refractivity (Wildman–Crippen MR) is 105 cm³/mol. The highest BCUT2D eigenvalue weighted by Crippen LogP contribution is 2.59. The van der Waals surface area contributed by atoms with Gasteiger partial charge < -0.3 is 24.8 Å². The third-order valence-electron chi connectivity index (χ3n) is 6.82. The fourth-order valence-corrected chi connectivity index (χ4v) is 5.43. The first-order valence-electron chi connectivity index (χ1n) is 10.8. The van der Waals surface area contributed by atoms with Crippen molar-refractivity contribution in [1.29, 1.82) is 0 Å². The van der Waals surface area contributed by atoms with E-state index in [1.54, 1.807) is 6.92 Å². The van der Waals surface area contributed by atoms with Crippen LogP contribution in [0.5, 0.6) is 0 Å². The van der Waals surface area contributed by atoms with E-state index in [2.05, 4.69) is 5.32 Å². The molecule has 2 unspecified atom stereocenters. The number of ether oxygens (including phenoxy) is 2. The molecular formula is C21H34N2O6. The maximum atomic E-state index is 13.7. The number of nitrogens with zero attached hydrogens (tertiary/aromatic N) is 1. The second kappa shape index (κ2) is 8.22. The van der Waals surface area contributed by atoms with Gasteiger partial charge in [-0.1, -0.05) is 20.3 Å². The monoisotopic (exact) mass is 410 g/mol. The molecule has 3 heterocycles. The number of likely N-dealkylation sites (tertiary alicyclic amines) is 1. The van der Waals surface area contributed by atoms with Crippen LogP contribution < -0.4 is 5.32 Å². The zero-order valence-corrected chi connectivity index (χ0v) is 18.0. The Morgan fingerprint density at radius 1 is 1.34 bits per heavy atom. The van der Waals surface area contributed by atoms with Crippen LogP contribution in [-0.2, 0) is 23.9 Å². The minimum atomic E-state index is -1.04. The van der Waals surface area contributed by atoms with Gasteiger partial charge in [0.25, 0.3) is 0 Å². The van der Waals surface area contributed by atoms with Crippen LogP contribution in [0.4, 0.5) is 0 Å². The summed E-state index contributed by atoms with van der Waals surface area (Å²) in [5, 5.41) is 13.0. The Morgan fingerprint density at radius 2 is 2.03 bits per heavy atom. The van der Waals surface area contributed by atoms with Crippen molar-refractivity contribution in [1.82, 2.24) is 10.2 Å². The van der Waals surface area contributed by atoms with Gasteiger partial charge in [-0.25, -0.2) is 0 Å². The van der Waals surface area contributed by atoms with E-state index in [1.165, 1.54) is 4.90 Å². The van der Waals surface area contributed by atoms with E-state index in [9.17, 15) is 19.5 Å². The first-order chi connectivity index (χ1) is 13.7. The molecule has 29 heavy (non-hydrogen) atoms. The summed E-state index contributed by atoms with van der Waals surface area (Å²) in [7, 11) is 0. The Kier molecular flexibility index (Phi) is 6.24. The average molecular weight is 411 g/mol. The van der Waals surface area contributed by atoms with Gasteiger partial charge in [0.1, 0.15) is 11.6 Å². The van der Waals surface area contributed by atoms with Gasteiger partial charge in [-0.3, -0.25) is 14.4 Å². The topological polar surface area (TPSA) is 105 Å². The molecule has 2 bridgehead atoms. The van der Waals surface area contributed by atoms with Crippen LogP contribution in [-0.4, -0.2) is 70.8 Å². The molecule has 2 N–H and O–H groups in total. The maximum absolute atomic E-state index is 13.7. The highest BCUT2D eigenvalue weighted by atomic mass is 16.6. The van der Waals surface area contributed by atoms with Crippen molar-refractivity contribution in [2.45, 2.75) is 83.7 Å². The Labute approximate surface area is 172 Å². The van der Waals surface area contributed by atoms with E-state index in [0.717, 1.165) is 6.42 Å². The fraction of sp³-hybridized carbons (Fsp3) is 0.857. The third kappa shape index (κ3) is 3.34. The van der Waals surface area contributed by atoms with Crippen molar-refractivity contribution in [3.63, 3.8) is 0 Å². The molecule has 2 amide bonds. The normalized spacial score (nSPS) is 35.0. The summed E-state index contributed by atoms with van der Waals surface area (Å²) in [6.45, 7) is 9.37. The highest BCUT2D eigenvalue weighted by Gasteiger charge is 2.75. The van der Waals surface area contributed by atoms with Crippen LogP contribution in [0.2, 0.25) is 0 Å². The lowest BCUT2D eigenvalue weighted by Crippen LogP contribution is -2.59. The molecule has 8 nitrogen and oxygen atoms in total. The van der Waals surface area contributed by atoms with Gasteiger partial charge in [-0.05, 0) is 39.5 Å². The van der Waals surface area contributed by atoms with Gasteiger partial charge in [0.05, 0.1) is 37.2 Å². The maximum Gasteiger partial charge on any atom is 0.312 e. The SMILES string of the molecule is CCOC(=O)[C@@H]1[C@@H]2CCC3(O2)C(C(=O)NC(C)C)N([C@@H](CO)[C@@H](C)CC)C(=O)[C@H]13. The van der Waals surface area contributed by atoms with Crippen molar-refractivity contribution in [2.24, 2.45) is 17.8 Å². The minimum absolute atomic E-state index is 0.00762. The molecule has 0 aromatic heterocycles. The van der Waals surface area contributed by atoms with E-state index < -0.39 is 41.6 Å². The average Bonchev–Trinajstić information content (AvgIpc) is 3.29. The number of hydrogen-bond acceptors (Lipinski definition) is 6. The quantitative estimate of drug-likeness (QED) is 0.575. The molecule has 3 saturated heterocycles. The van der Waals surface area contributed by atoms with Crippen molar-refractivity contribution >= 4 is 17.8 Å². The van der Waals surface area contributed by atoms with Gasteiger partial charge in [-0.15, -0.1) is 0 Å². The zero-order chi connectivity index (χ0) is 21.5. The number of rotatable bonds is 8. The van der Waals surface area contributed by atoms with Crippen LogP contribution in [0.25, 0.3) is 0 Å². The molecule has 3 rings (SSSR count). The van der Waals surface area contributed by atoms with E-state index in [0.29, 0.717) is 12.8 Å². The van der Waals surface area contributed by atoms with Gasteiger partial charge in [0, 0.05) is 6.04 Å². The fourth-order valence-electron chi connectivity index (χ4n) is 5.43. The number of aliphatic hydroxyl groups is 1. The zero-order valence-electron chi connectivity index (χ0n) is 18.0. The summed E-state index contributed by atoms with van der Waals surface area (Å²) >= 11 is 0. The molecular weight excluding hydrogens is 376 g/mol. The molecule has 0 radical (unpaired) electrons. The lowest BCUT2D eigenvalue weighted by molar-refractivity contribution is -0.156. The van der Waals surface area contributed by atoms with Crippen LogP contribution in [0, 0.1) is 17.8 Å².